The predicted octanol–water partition coefficient (Wildman–Crippen LogP) is 6.20. The minimum Gasteiger partial charge on any atom is -0.492 e. The van der Waals surface area contributed by atoms with Crippen LogP contribution in [-0.4, -0.2) is 38.5 Å². The molecule has 12 heteroatoms. The number of carbonyl (C=O) groups is 1. The molecule has 0 heterocycles. The molecule has 1 atom stereocenters. The van der Waals surface area contributed by atoms with Crippen LogP contribution in [0.3, 0.4) is 0 Å². The molecule has 2 aromatic rings. The third-order valence-electron chi connectivity index (χ3n) is 6.69. The maximum absolute atomic E-state index is 13.9. The van der Waals surface area contributed by atoms with Gasteiger partial charge in [-0.1, -0.05) is 6.07 Å². The van der Waals surface area contributed by atoms with E-state index in [2.05, 4.69) is 0 Å². The third kappa shape index (κ3) is 5.43. The van der Waals surface area contributed by atoms with Crippen molar-refractivity contribution in [1.29, 1.82) is 0 Å². The van der Waals surface area contributed by atoms with Gasteiger partial charge in [-0.3, -0.25) is 9.59 Å². The lowest BCUT2D eigenvalue weighted by atomic mass is 9.95. The molecule has 0 radical (unpaired) electrons. The third-order valence-corrected chi connectivity index (χ3v) is 7.46. The molecule has 0 unspecified atom stereocenters. The Morgan fingerprint density at radius 3 is 2.36 bits per heavy atom. The van der Waals surface area contributed by atoms with Crippen molar-refractivity contribution in [3.05, 3.63) is 57.5 Å². The summed E-state index contributed by atoms with van der Waals surface area (Å²) in [5, 5.41) is 1.85. The van der Waals surface area contributed by atoms with E-state index in [1.807, 2.05) is 11.4 Å². The first-order chi connectivity index (χ1) is 18.4. The second kappa shape index (κ2) is 11.1. The Hall–Kier alpha value is -3.28. The second-order valence-corrected chi connectivity index (χ2v) is 9.90. The average molecular weight is 572 g/mol. The number of halogens is 5. The Labute approximate surface area is 225 Å². The van der Waals surface area contributed by atoms with Crippen LogP contribution in [0.25, 0.3) is 11.1 Å². The second-order valence-electron chi connectivity index (χ2n) is 9.06. The van der Waals surface area contributed by atoms with Crippen molar-refractivity contribution in [2.75, 3.05) is 20.5 Å². The Balaban J connectivity index is 1.92. The highest BCUT2D eigenvalue weighted by molar-refractivity contribution is 7.98. The molecular weight excluding hydrogens is 545 g/mol. The maximum atomic E-state index is 13.9. The summed E-state index contributed by atoms with van der Waals surface area (Å²) < 4.78 is 84.0. The molecule has 0 spiro atoms. The van der Waals surface area contributed by atoms with Crippen molar-refractivity contribution in [2.24, 2.45) is 0 Å². The number of alkyl halides is 5. The molecule has 0 saturated heterocycles. The Morgan fingerprint density at radius 1 is 1.05 bits per heavy atom. The van der Waals surface area contributed by atoms with Gasteiger partial charge in [0.05, 0.1) is 25.2 Å². The van der Waals surface area contributed by atoms with Crippen molar-refractivity contribution in [3.63, 3.8) is 0 Å². The molecule has 0 aromatic heterocycles. The maximum Gasteiger partial charge on any atom is 0.463 e. The van der Waals surface area contributed by atoms with Crippen LogP contribution in [0, 0.1) is 0 Å². The number of carbonyl (C=O) groups excluding carboxylic acids is 1. The number of benzene rings is 1. The molecule has 2 aliphatic carbocycles. The molecule has 0 aliphatic heterocycles. The van der Waals surface area contributed by atoms with Crippen molar-refractivity contribution in [1.82, 2.24) is 5.32 Å². The monoisotopic (exact) mass is 571 g/mol. The van der Waals surface area contributed by atoms with Crippen LogP contribution in [0.15, 0.2) is 45.8 Å². The standard InChI is InChI=1S/C27H26F5NO5S/c1-36-23-20(38-15-6-4-5-7-15)12-14-8-10-18(33-25(35)26(28,29)27(30,31)32)17-13-19(34)21(39-3)11-9-16(17)22(14)24(23)37-2/h6,9,11-13,18H,4-5,7-8,10H2,1-3H3,(H,33,35)/t18-/m0/s1. The average Bonchev–Trinajstić information content (AvgIpc) is 3.28. The zero-order chi connectivity index (χ0) is 28.5. The molecule has 1 amide bonds. The van der Waals surface area contributed by atoms with Crippen molar-refractivity contribution in [2.45, 2.75) is 55.1 Å². The smallest absolute Gasteiger partial charge is 0.463 e. The molecule has 6 nitrogen and oxygen atoms in total. The Kier molecular flexibility index (Phi) is 8.15. The Bertz CT molecular complexity index is 1380. The van der Waals surface area contributed by atoms with Gasteiger partial charge in [0, 0.05) is 12.0 Å². The molecular formula is C27H26F5NO5S. The summed E-state index contributed by atoms with van der Waals surface area (Å²) in [4.78, 5) is 25.4. The lowest BCUT2D eigenvalue weighted by Gasteiger charge is -2.24. The van der Waals surface area contributed by atoms with Crippen LogP contribution in [-0.2, 0) is 11.2 Å². The van der Waals surface area contributed by atoms with Crippen molar-refractivity contribution >= 4 is 17.7 Å². The number of aryl methyl sites for hydroxylation is 1. The zero-order valence-corrected chi connectivity index (χ0v) is 22.2. The highest BCUT2D eigenvalue weighted by atomic mass is 32.2. The van der Waals surface area contributed by atoms with E-state index in [4.69, 9.17) is 14.2 Å². The Morgan fingerprint density at radius 2 is 1.77 bits per heavy atom. The molecule has 2 aliphatic rings. The number of allylic oxidation sites excluding steroid dienone is 2. The summed E-state index contributed by atoms with van der Waals surface area (Å²) in [5.74, 6) is -6.53. The molecule has 4 rings (SSSR count). The van der Waals surface area contributed by atoms with E-state index < -0.39 is 29.5 Å². The van der Waals surface area contributed by atoms with Gasteiger partial charge in [-0.05, 0) is 72.9 Å². The van der Waals surface area contributed by atoms with E-state index in [0.717, 1.165) is 42.8 Å². The van der Waals surface area contributed by atoms with E-state index in [0.29, 0.717) is 27.3 Å². The fourth-order valence-corrected chi connectivity index (χ4v) is 5.26. The molecule has 210 valence electrons. The highest BCUT2D eigenvalue weighted by Gasteiger charge is 2.63. The van der Waals surface area contributed by atoms with Gasteiger partial charge in [-0.15, -0.1) is 11.8 Å². The molecule has 0 bridgehead atoms. The number of ether oxygens (including phenoxy) is 3. The highest BCUT2D eigenvalue weighted by Crippen LogP contribution is 2.51. The number of hydrogen-bond acceptors (Lipinski definition) is 6. The van der Waals surface area contributed by atoms with Crippen molar-refractivity contribution < 1.29 is 41.0 Å². The minimum absolute atomic E-state index is 0.0741. The quantitative estimate of drug-likeness (QED) is 0.315. The van der Waals surface area contributed by atoms with Crippen LogP contribution in [0.1, 0.15) is 42.9 Å². The van der Waals surface area contributed by atoms with E-state index in [-0.39, 0.29) is 29.9 Å². The summed E-state index contributed by atoms with van der Waals surface area (Å²) in [5.41, 5.74) is 0.999. The summed E-state index contributed by atoms with van der Waals surface area (Å²) in [6.07, 6.45) is 0.133. The molecule has 1 N–H and O–H groups in total. The first-order valence-electron chi connectivity index (χ1n) is 12.1. The van der Waals surface area contributed by atoms with Crippen LogP contribution in [0.4, 0.5) is 22.0 Å². The summed E-state index contributed by atoms with van der Waals surface area (Å²) in [7, 11) is 2.83. The predicted molar refractivity (Wildman–Crippen MR) is 136 cm³/mol. The molecule has 39 heavy (non-hydrogen) atoms. The van der Waals surface area contributed by atoms with Gasteiger partial charge in [0.25, 0.3) is 0 Å². The van der Waals surface area contributed by atoms with Gasteiger partial charge in [0.1, 0.15) is 5.76 Å². The van der Waals surface area contributed by atoms with Gasteiger partial charge in [-0.25, -0.2) is 0 Å². The van der Waals surface area contributed by atoms with E-state index in [1.54, 1.807) is 18.4 Å². The number of methoxy groups -OCH3 is 2. The van der Waals surface area contributed by atoms with E-state index in [1.165, 1.54) is 20.3 Å². The topological polar surface area (TPSA) is 73.9 Å². The number of hydrogen-bond donors (Lipinski definition) is 1. The fourth-order valence-electron chi connectivity index (χ4n) is 4.79. The van der Waals surface area contributed by atoms with Crippen LogP contribution >= 0.6 is 11.8 Å². The summed E-state index contributed by atoms with van der Waals surface area (Å²) in [6.45, 7) is 0. The molecule has 0 saturated carbocycles. The number of amides is 1. The van der Waals surface area contributed by atoms with Gasteiger partial charge >= 0.3 is 18.0 Å². The number of thioether (sulfide) groups is 1. The van der Waals surface area contributed by atoms with Crippen molar-refractivity contribution in [3.8, 4) is 28.4 Å². The van der Waals surface area contributed by atoms with Gasteiger partial charge in [0.15, 0.2) is 16.9 Å². The molecule has 0 fully saturated rings. The SMILES string of the molecule is COc1c(OC2=CCCC2)cc2c(c1OC)-c1ccc(SC)c(=O)cc1[C@@H](NC(=O)C(F)(F)C(F)(F)F)CC2. The lowest BCUT2D eigenvalue weighted by molar-refractivity contribution is -0.270. The zero-order valence-electron chi connectivity index (χ0n) is 21.3. The van der Waals surface area contributed by atoms with Gasteiger partial charge in [-0.2, -0.15) is 22.0 Å². The largest absolute Gasteiger partial charge is 0.492 e. The first-order valence-corrected chi connectivity index (χ1v) is 13.3. The molecule has 2 aromatic carbocycles. The van der Waals surface area contributed by atoms with E-state index >= 15 is 0 Å². The minimum atomic E-state index is -6.08. The van der Waals surface area contributed by atoms with Gasteiger partial charge in [0.2, 0.25) is 5.75 Å². The van der Waals surface area contributed by atoms with Gasteiger partial charge < -0.3 is 19.5 Å². The van der Waals surface area contributed by atoms with Crippen LogP contribution in [0.2, 0.25) is 0 Å². The first kappa shape index (κ1) is 28.7. The number of nitrogens with one attached hydrogen (secondary N) is 1. The fraction of sp³-hybridized carbons (Fsp3) is 0.407. The number of rotatable bonds is 7. The summed E-state index contributed by atoms with van der Waals surface area (Å²) in [6, 6.07) is 4.63. The lowest BCUT2D eigenvalue weighted by Crippen LogP contribution is -2.51. The van der Waals surface area contributed by atoms with Crippen LogP contribution in [0.5, 0.6) is 17.2 Å². The van der Waals surface area contributed by atoms with Crippen LogP contribution < -0.4 is 25.0 Å². The summed E-state index contributed by atoms with van der Waals surface area (Å²) >= 11 is 1.14. The van der Waals surface area contributed by atoms with E-state index in [9.17, 15) is 31.5 Å². The number of fused-ring (bicyclic) bond motifs is 3. The normalized spacial score (nSPS) is 16.9.